The van der Waals surface area contributed by atoms with Crippen LogP contribution < -0.4 is 5.32 Å². The Morgan fingerprint density at radius 3 is 2.88 bits per heavy atom. The molecule has 0 bridgehead atoms. The Balaban J connectivity index is 1.87. The van der Waals surface area contributed by atoms with Crippen LogP contribution in [-0.2, 0) is 4.74 Å². The summed E-state index contributed by atoms with van der Waals surface area (Å²) in [6, 6.07) is 5.64. The number of nitrogens with one attached hydrogen (secondary N) is 1. The number of pyridine rings is 1. The van der Waals surface area contributed by atoms with Gasteiger partial charge in [0.2, 0.25) is 0 Å². The summed E-state index contributed by atoms with van der Waals surface area (Å²) < 4.78 is 5.03. The van der Waals surface area contributed by atoms with Crippen molar-refractivity contribution in [3.63, 3.8) is 0 Å². The fourth-order valence-electron chi connectivity index (χ4n) is 1.99. The first kappa shape index (κ1) is 16.0. The molecule has 3 aromatic rings. The summed E-state index contributed by atoms with van der Waals surface area (Å²) in [5.41, 5.74) is 1.81. The molecule has 0 aromatic carbocycles. The van der Waals surface area contributed by atoms with Gasteiger partial charge in [0, 0.05) is 17.8 Å². The highest BCUT2D eigenvalue weighted by Gasteiger charge is 2.16. The van der Waals surface area contributed by atoms with E-state index in [-0.39, 0.29) is 12.2 Å². The van der Waals surface area contributed by atoms with Crippen molar-refractivity contribution in [1.29, 1.82) is 0 Å². The number of aryl methyl sites for hydroxylation is 1. The number of hydrogen-bond donors (Lipinski definition) is 1. The van der Waals surface area contributed by atoms with Gasteiger partial charge in [0.05, 0.1) is 12.3 Å². The summed E-state index contributed by atoms with van der Waals surface area (Å²) in [6.07, 6.45) is 3.17. The smallest absolute Gasteiger partial charge is 0.343 e. The van der Waals surface area contributed by atoms with Crippen LogP contribution in [0.15, 0.2) is 36.0 Å². The Kier molecular flexibility index (Phi) is 4.76. The lowest BCUT2D eigenvalue weighted by molar-refractivity contribution is 0.0526. The maximum Gasteiger partial charge on any atom is 0.343 e. The second-order valence-electron chi connectivity index (χ2n) is 4.78. The lowest BCUT2D eigenvalue weighted by Gasteiger charge is -2.08. The van der Waals surface area contributed by atoms with Crippen molar-refractivity contribution < 1.29 is 9.53 Å². The normalized spacial score (nSPS) is 10.4. The number of nitrogens with zero attached hydrogens (tertiary/aromatic N) is 4. The van der Waals surface area contributed by atoms with Gasteiger partial charge in [-0.15, -0.1) is 11.3 Å². The molecule has 3 aromatic heterocycles. The molecule has 122 valence electrons. The molecule has 0 fully saturated rings. The molecule has 0 radical (unpaired) electrons. The molecule has 0 unspecified atom stereocenters. The largest absolute Gasteiger partial charge is 0.462 e. The molecule has 0 aliphatic heterocycles. The molecule has 24 heavy (non-hydrogen) atoms. The second-order valence-corrected chi connectivity index (χ2v) is 5.64. The number of aromatic nitrogens is 4. The zero-order valence-electron chi connectivity index (χ0n) is 13.2. The standard InChI is InChI=1S/C16H15N5O2S/c1-3-23-15(22)11-8-18-10(2)19-14(11)21-16-20-13(9-24-16)12-6-4-5-7-17-12/h4-9H,3H2,1-2H3,(H,18,19,20,21). The number of hydrogen-bond acceptors (Lipinski definition) is 8. The summed E-state index contributed by atoms with van der Waals surface area (Å²) in [6.45, 7) is 3.79. The van der Waals surface area contributed by atoms with Crippen molar-refractivity contribution in [3.05, 3.63) is 47.4 Å². The van der Waals surface area contributed by atoms with Crippen molar-refractivity contribution in [1.82, 2.24) is 19.9 Å². The molecule has 0 aliphatic rings. The van der Waals surface area contributed by atoms with Gasteiger partial charge < -0.3 is 10.1 Å². The number of carbonyl (C=O) groups excluding carboxylic acids is 1. The third kappa shape index (κ3) is 3.54. The highest BCUT2D eigenvalue weighted by atomic mass is 32.1. The van der Waals surface area contributed by atoms with E-state index in [1.165, 1.54) is 17.5 Å². The summed E-state index contributed by atoms with van der Waals surface area (Å²) in [7, 11) is 0. The van der Waals surface area contributed by atoms with Crippen LogP contribution in [0.3, 0.4) is 0 Å². The summed E-state index contributed by atoms with van der Waals surface area (Å²) in [5.74, 6) is 0.455. The topological polar surface area (TPSA) is 89.9 Å². The molecule has 0 amide bonds. The van der Waals surface area contributed by atoms with E-state index in [1.807, 2.05) is 23.6 Å². The van der Waals surface area contributed by atoms with Crippen LogP contribution in [0.1, 0.15) is 23.1 Å². The van der Waals surface area contributed by atoms with Crippen molar-refractivity contribution in [3.8, 4) is 11.4 Å². The first-order valence-corrected chi connectivity index (χ1v) is 8.20. The fraction of sp³-hybridized carbons (Fsp3) is 0.188. The molecular formula is C16H15N5O2S. The van der Waals surface area contributed by atoms with Crippen molar-refractivity contribution in [2.75, 3.05) is 11.9 Å². The highest BCUT2D eigenvalue weighted by Crippen LogP contribution is 2.26. The molecule has 0 saturated carbocycles. The van der Waals surface area contributed by atoms with Crippen LogP contribution in [0.2, 0.25) is 0 Å². The van der Waals surface area contributed by atoms with Gasteiger partial charge in [-0.1, -0.05) is 6.07 Å². The predicted octanol–water partition coefficient (Wildman–Crippen LogP) is 3.22. The van der Waals surface area contributed by atoms with Gasteiger partial charge >= 0.3 is 5.97 Å². The minimum Gasteiger partial charge on any atom is -0.462 e. The SMILES string of the molecule is CCOC(=O)c1cnc(C)nc1Nc1nc(-c2ccccn2)cs1. The Bertz CT molecular complexity index is 851. The lowest BCUT2D eigenvalue weighted by Crippen LogP contribution is -2.11. The quantitative estimate of drug-likeness (QED) is 0.713. The van der Waals surface area contributed by atoms with Gasteiger partial charge in [-0.2, -0.15) is 0 Å². The average Bonchev–Trinajstić information content (AvgIpc) is 3.04. The monoisotopic (exact) mass is 341 g/mol. The lowest BCUT2D eigenvalue weighted by atomic mass is 10.3. The molecule has 0 saturated heterocycles. The van der Waals surface area contributed by atoms with E-state index in [9.17, 15) is 4.79 Å². The number of ether oxygens (including phenoxy) is 1. The minimum absolute atomic E-state index is 0.275. The van der Waals surface area contributed by atoms with E-state index in [0.717, 1.165) is 11.4 Å². The van der Waals surface area contributed by atoms with Crippen molar-refractivity contribution >= 4 is 28.3 Å². The van der Waals surface area contributed by atoms with Gasteiger partial charge in [0.1, 0.15) is 17.1 Å². The Hall–Kier alpha value is -2.87. The van der Waals surface area contributed by atoms with Gasteiger partial charge in [-0.25, -0.2) is 19.7 Å². The molecule has 1 N–H and O–H groups in total. The Morgan fingerprint density at radius 1 is 1.25 bits per heavy atom. The molecule has 0 spiro atoms. The maximum absolute atomic E-state index is 12.0. The maximum atomic E-state index is 12.0. The number of thiazole rings is 1. The first-order valence-electron chi connectivity index (χ1n) is 7.32. The third-order valence-electron chi connectivity index (χ3n) is 3.06. The summed E-state index contributed by atoms with van der Waals surface area (Å²) >= 11 is 1.40. The van der Waals surface area contributed by atoms with Gasteiger partial charge in [-0.3, -0.25) is 4.98 Å². The Labute approximate surface area is 142 Å². The van der Waals surface area contributed by atoms with Gasteiger partial charge in [0.15, 0.2) is 10.9 Å². The number of rotatable bonds is 5. The van der Waals surface area contributed by atoms with Crippen LogP contribution >= 0.6 is 11.3 Å². The summed E-state index contributed by atoms with van der Waals surface area (Å²) in [4.78, 5) is 29.1. The van der Waals surface area contributed by atoms with E-state index in [0.29, 0.717) is 16.8 Å². The average molecular weight is 341 g/mol. The van der Waals surface area contributed by atoms with Crippen molar-refractivity contribution in [2.24, 2.45) is 0 Å². The van der Waals surface area contributed by atoms with Gasteiger partial charge in [-0.05, 0) is 26.0 Å². The molecule has 7 nitrogen and oxygen atoms in total. The van der Waals surface area contributed by atoms with Crippen LogP contribution in [0.25, 0.3) is 11.4 Å². The third-order valence-corrected chi connectivity index (χ3v) is 3.82. The van der Waals surface area contributed by atoms with E-state index in [1.54, 1.807) is 20.0 Å². The van der Waals surface area contributed by atoms with E-state index >= 15 is 0 Å². The minimum atomic E-state index is -0.471. The zero-order valence-corrected chi connectivity index (χ0v) is 14.0. The second kappa shape index (κ2) is 7.14. The summed E-state index contributed by atoms with van der Waals surface area (Å²) in [5, 5.41) is 5.57. The number of esters is 1. The van der Waals surface area contributed by atoms with Crippen LogP contribution in [0, 0.1) is 6.92 Å². The van der Waals surface area contributed by atoms with E-state index in [4.69, 9.17) is 4.74 Å². The van der Waals surface area contributed by atoms with Crippen LogP contribution in [-0.4, -0.2) is 32.5 Å². The molecule has 0 aliphatic carbocycles. The molecule has 3 heterocycles. The number of anilines is 2. The molecule has 8 heteroatoms. The van der Waals surface area contributed by atoms with Crippen LogP contribution in [0.4, 0.5) is 10.9 Å². The van der Waals surface area contributed by atoms with Crippen LogP contribution in [0.5, 0.6) is 0 Å². The number of carbonyl (C=O) groups is 1. The highest BCUT2D eigenvalue weighted by molar-refractivity contribution is 7.14. The Morgan fingerprint density at radius 2 is 2.12 bits per heavy atom. The van der Waals surface area contributed by atoms with Gasteiger partial charge in [0.25, 0.3) is 0 Å². The predicted molar refractivity (Wildman–Crippen MR) is 91.4 cm³/mol. The van der Waals surface area contributed by atoms with Crippen molar-refractivity contribution in [2.45, 2.75) is 13.8 Å². The fourth-order valence-corrected chi connectivity index (χ4v) is 2.69. The molecule has 0 atom stereocenters. The van der Waals surface area contributed by atoms with E-state index in [2.05, 4.69) is 25.3 Å². The zero-order chi connectivity index (χ0) is 16.9. The molecule has 3 rings (SSSR count). The molecular weight excluding hydrogens is 326 g/mol. The first-order chi connectivity index (χ1) is 11.7. The van der Waals surface area contributed by atoms with E-state index < -0.39 is 5.97 Å².